The third kappa shape index (κ3) is 1.70. The van der Waals surface area contributed by atoms with Crippen molar-refractivity contribution >= 4 is 27.2 Å². The molecule has 0 aliphatic rings. The first-order chi connectivity index (χ1) is 10.6. The molecule has 0 fully saturated rings. The lowest BCUT2D eigenvalue weighted by atomic mass is 9.96. The van der Waals surface area contributed by atoms with Gasteiger partial charge in [-0.2, -0.15) is 0 Å². The lowest BCUT2D eigenvalue weighted by Gasteiger charge is -2.12. The molecule has 22 heavy (non-hydrogen) atoms. The van der Waals surface area contributed by atoms with Crippen molar-refractivity contribution in [2.45, 2.75) is 26.7 Å². The summed E-state index contributed by atoms with van der Waals surface area (Å²) in [6, 6.07) is 15.7. The lowest BCUT2D eigenvalue weighted by molar-refractivity contribution is -0.735. The van der Waals surface area contributed by atoms with Gasteiger partial charge in [0.05, 0.1) is 0 Å². The number of hydrogen-bond acceptors (Lipinski definition) is 0. The monoisotopic (exact) mass is 289 g/mol. The number of benzene rings is 2. The van der Waals surface area contributed by atoms with E-state index in [9.17, 15) is 0 Å². The van der Waals surface area contributed by atoms with Crippen LogP contribution < -0.4 is 4.68 Å². The van der Waals surface area contributed by atoms with E-state index in [2.05, 4.69) is 85.7 Å². The summed E-state index contributed by atoms with van der Waals surface area (Å²) in [4.78, 5) is 0. The Morgan fingerprint density at radius 2 is 1.77 bits per heavy atom. The highest BCUT2D eigenvalue weighted by molar-refractivity contribution is 6.12. The van der Waals surface area contributed by atoms with Crippen molar-refractivity contribution in [1.82, 2.24) is 4.52 Å². The Labute approximate surface area is 130 Å². The molecule has 0 atom stereocenters. The molecular formula is C20H21N2+. The number of para-hydroxylation sites is 1. The second-order valence-electron chi connectivity index (χ2n) is 6.52. The first-order valence-corrected chi connectivity index (χ1v) is 7.90. The third-order valence-corrected chi connectivity index (χ3v) is 4.72. The van der Waals surface area contributed by atoms with Crippen molar-refractivity contribution in [2.75, 3.05) is 0 Å². The zero-order chi connectivity index (χ0) is 15.4. The predicted octanol–water partition coefficient (Wildman–Crippen LogP) is 4.50. The van der Waals surface area contributed by atoms with Crippen LogP contribution in [0.2, 0.25) is 0 Å². The van der Waals surface area contributed by atoms with Gasteiger partial charge in [0.25, 0.3) is 0 Å². The van der Waals surface area contributed by atoms with E-state index in [1.165, 1.54) is 38.3 Å². The summed E-state index contributed by atoms with van der Waals surface area (Å²) in [5, 5.41) is 4.01. The summed E-state index contributed by atoms with van der Waals surface area (Å²) in [5.41, 5.74) is 5.29. The van der Waals surface area contributed by atoms with Gasteiger partial charge in [-0.15, -0.1) is 9.20 Å². The Kier molecular flexibility index (Phi) is 2.77. The van der Waals surface area contributed by atoms with Crippen molar-refractivity contribution in [2.24, 2.45) is 7.05 Å². The van der Waals surface area contributed by atoms with Crippen molar-refractivity contribution in [3.63, 3.8) is 0 Å². The minimum Gasteiger partial charge on any atom is -0.120 e. The van der Waals surface area contributed by atoms with E-state index in [1.54, 1.807) is 0 Å². The van der Waals surface area contributed by atoms with E-state index in [1.807, 2.05) is 0 Å². The highest BCUT2D eigenvalue weighted by atomic mass is 15.3. The molecule has 0 bridgehead atoms. The molecule has 0 saturated heterocycles. The fourth-order valence-corrected chi connectivity index (χ4v) is 3.49. The van der Waals surface area contributed by atoms with Crippen LogP contribution in [0.15, 0.2) is 48.7 Å². The van der Waals surface area contributed by atoms with Crippen LogP contribution in [0.4, 0.5) is 0 Å². The molecule has 4 rings (SSSR count). The summed E-state index contributed by atoms with van der Waals surface area (Å²) in [7, 11) is 2.10. The number of rotatable bonds is 1. The standard InChI is InChI=1S/C20H21N2/c1-13(2)15-8-9-16-18(12-15)17-7-5-6-14(3)20(17)22-19(16)10-11-21(22)4/h5-13H,1-4H3/q+1. The van der Waals surface area contributed by atoms with Gasteiger partial charge in [0.1, 0.15) is 11.0 Å². The average molecular weight is 289 g/mol. The highest BCUT2D eigenvalue weighted by Gasteiger charge is 2.16. The normalized spacial score (nSPS) is 12.0. The predicted molar refractivity (Wildman–Crippen MR) is 92.4 cm³/mol. The van der Waals surface area contributed by atoms with Crippen LogP contribution in [-0.2, 0) is 7.05 Å². The van der Waals surface area contributed by atoms with Gasteiger partial charge in [-0.1, -0.05) is 50.2 Å². The molecule has 110 valence electrons. The van der Waals surface area contributed by atoms with E-state index in [0.29, 0.717) is 5.92 Å². The molecule has 2 aromatic heterocycles. The van der Waals surface area contributed by atoms with E-state index in [-0.39, 0.29) is 0 Å². The zero-order valence-electron chi connectivity index (χ0n) is 13.6. The largest absolute Gasteiger partial charge is 0.196 e. The molecule has 0 radical (unpaired) electrons. The number of nitrogens with zero attached hydrogens (tertiary/aromatic N) is 2. The summed E-state index contributed by atoms with van der Waals surface area (Å²) in [6.45, 7) is 6.70. The molecule has 2 nitrogen and oxygen atoms in total. The van der Waals surface area contributed by atoms with Crippen LogP contribution in [0.3, 0.4) is 0 Å². The minimum atomic E-state index is 0.545. The van der Waals surface area contributed by atoms with Crippen molar-refractivity contribution in [1.29, 1.82) is 0 Å². The fraction of sp³-hybridized carbons (Fsp3) is 0.250. The molecule has 0 aliphatic carbocycles. The van der Waals surface area contributed by atoms with Gasteiger partial charge < -0.3 is 0 Å². The minimum absolute atomic E-state index is 0.545. The van der Waals surface area contributed by atoms with Crippen molar-refractivity contribution < 1.29 is 4.68 Å². The molecule has 0 saturated carbocycles. The van der Waals surface area contributed by atoms with Gasteiger partial charge >= 0.3 is 0 Å². The summed E-state index contributed by atoms with van der Waals surface area (Å²) >= 11 is 0. The van der Waals surface area contributed by atoms with Crippen LogP contribution >= 0.6 is 0 Å². The number of aryl methyl sites for hydroxylation is 2. The Morgan fingerprint density at radius 1 is 0.955 bits per heavy atom. The van der Waals surface area contributed by atoms with Crippen molar-refractivity contribution in [3.8, 4) is 0 Å². The topological polar surface area (TPSA) is 8.29 Å². The number of hydrogen-bond donors (Lipinski definition) is 0. The summed E-state index contributed by atoms with van der Waals surface area (Å²) < 4.78 is 4.49. The van der Waals surface area contributed by atoms with Crippen molar-refractivity contribution in [3.05, 3.63) is 59.8 Å². The molecule has 2 aromatic carbocycles. The van der Waals surface area contributed by atoms with Gasteiger partial charge in [-0.25, -0.2) is 0 Å². The Balaban J connectivity index is 2.34. The van der Waals surface area contributed by atoms with Crippen LogP contribution in [0.25, 0.3) is 27.2 Å². The van der Waals surface area contributed by atoms with Gasteiger partial charge in [-0.3, -0.25) is 0 Å². The first kappa shape index (κ1) is 13.3. The molecular weight excluding hydrogens is 268 g/mol. The lowest BCUT2D eigenvalue weighted by Crippen LogP contribution is -2.34. The Morgan fingerprint density at radius 3 is 2.55 bits per heavy atom. The molecule has 2 heterocycles. The van der Waals surface area contributed by atoms with E-state index in [4.69, 9.17) is 0 Å². The van der Waals surface area contributed by atoms with Gasteiger partial charge in [0.2, 0.25) is 0 Å². The fourth-order valence-electron chi connectivity index (χ4n) is 3.49. The second-order valence-corrected chi connectivity index (χ2v) is 6.52. The Hall–Kier alpha value is -2.35. The number of pyridine rings is 1. The summed E-state index contributed by atoms with van der Waals surface area (Å²) in [6.07, 6.45) is 2.14. The SMILES string of the molecule is Cc1cccc2c3cc(C(C)C)ccc3c3cc[n+](C)n3c12. The van der Waals surface area contributed by atoms with Crippen LogP contribution in [0.5, 0.6) is 0 Å². The van der Waals surface area contributed by atoms with Gasteiger partial charge in [0.15, 0.2) is 13.2 Å². The molecule has 4 aromatic rings. The maximum absolute atomic E-state index is 2.37. The number of aromatic nitrogens is 2. The van der Waals surface area contributed by atoms with Crippen LogP contribution in [0, 0.1) is 6.92 Å². The van der Waals surface area contributed by atoms with E-state index in [0.717, 1.165) is 0 Å². The highest BCUT2D eigenvalue weighted by Crippen LogP contribution is 2.32. The maximum atomic E-state index is 2.37. The van der Waals surface area contributed by atoms with Gasteiger partial charge in [0, 0.05) is 16.8 Å². The molecule has 0 amide bonds. The smallest absolute Gasteiger partial charge is 0.120 e. The zero-order valence-corrected chi connectivity index (χ0v) is 13.6. The maximum Gasteiger partial charge on any atom is 0.196 e. The van der Waals surface area contributed by atoms with Gasteiger partial charge in [-0.05, 0) is 29.4 Å². The molecule has 2 heteroatoms. The van der Waals surface area contributed by atoms with E-state index < -0.39 is 0 Å². The van der Waals surface area contributed by atoms with Crippen LogP contribution in [-0.4, -0.2) is 4.52 Å². The van der Waals surface area contributed by atoms with Crippen LogP contribution in [0.1, 0.15) is 30.9 Å². The second kappa shape index (κ2) is 4.57. The molecule has 0 aliphatic heterocycles. The number of fused-ring (bicyclic) bond motifs is 6. The third-order valence-electron chi connectivity index (χ3n) is 4.72. The summed E-state index contributed by atoms with van der Waals surface area (Å²) in [5.74, 6) is 0.545. The molecule has 0 unspecified atom stereocenters. The molecule has 0 N–H and O–H groups in total. The quantitative estimate of drug-likeness (QED) is 0.360. The molecule has 0 spiro atoms. The van der Waals surface area contributed by atoms with E-state index >= 15 is 0 Å². The first-order valence-electron chi connectivity index (χ1n) is 7.90. The average Bonchev–Trinajstić information content (AvgIpc) is 2.89. The Bertz CT molecular complexity index is 1020.